The monoisotopic (exact) mass is 533 g/mol. The van der Waals surface area contributed by atoms with Gasteiger partial charge in [-0.1, -0.05) is 23.7 Å². The van der Waals surface area contributed by atoms with Gasteiger partial charge in [0.05, 0.1) is 27.0 Å². The van der Waals surface area contributed by atoms with Gasteiger partial charge in [0.2, 0.25) is 0 Å². The number of halogens is 3. The quantitative estimate of drug-likeness (QED) is 0.266. The summed E-state index contributed by atoms with van der Waals surface area (Å²) in [5.41, 5.74) is 3.96. The Hall–Kier alpha value is -2.96. The van der Waals surface area contributed by atoms with Gasteiger partial charge in [0.15, 0.2) is 0 Å². The van der Waals surface area contributed by atoms with Gasteiger partial charge in [-0.2, -0.15) is 10.4 Å². The molecule has 0 fully saturated rings. The lowest BCUT2D eigenvalue weighted by atomic mass is 10.1. The number of nitriles is 1. The van der Waals surface area contributed by atoms with Crippen molar-refractivity contribution in [2.24, 2.45) is 5.10 Å². The number of nitrogens with one attached hydrogen (secondary N) is 1. The third-order valence-corrected chi connectivity index (χ3v) is 5.08. The normalized spacial score (nSPS) is 10.6. The van der Waals surface area contributed by atoms with Crippen molar-refractivity contribution in [3.8, 4) is 11.8 Å². The van der Waals surface area contributed by atoms with Crippen molar-refractivity contribution in [2.75, 3.05) is 0 Å². The number of hydrogen-bond acceptors (Lipinski definition) is 4. The van der Waals surface area contributed by atoms with Crippen molar-refractivity contribution in [1.82, 2.24) is 5.43 Å². The second kappa shape index (κ2) is 10.2. The Morgan fingerprint density at radius 1 is 1.20 bits per heavy atom. The number of hydrogen-bond donors (Lipinski definition) is 1. The van der Waals surface area contributed by atoms with E-state index in [1.165, 1.54) is 18.3 Å². The van der Waals surface area contributed by atoms with Gasteiger partial charge in [0, 0.05) is 5.02 Å². The predicted molar refractivity (Wildman–Crippen MR) is 121 cm³/mol. The Kier molecular flexibility index (Phi) is 7.38. The molecule has 0 aromatic heterocycles. The van der Waals surface area contributed by atoms with E-state index in [0.29, 0.717) is 17.4 Å². The van der Waals surface area contributed by atoms with E-state index in [9.17, 15) is 9.18 Å². The summed E-state index contributed by atoms with van der Waals surface area (Å²) in [6.07, 6.45) is 1.45. The maximum atomic E-state index is 13.9. The summed E-state index contributed by atoms with van der Waals surface area (Å²) in [7, 11) is 0. The van der Waals surface area contributed by atoms with E-state index in [1.807, 2.05) is 36.4 Å². The number of nitrogens with zero attached hydrogens (tertiary/aromatic N) is 2. The van der Waals surface area contributed by atoms with Crippen LogP contribution in [0, 0.1) is 20.7 Å². The highest BCUT2D eigenvalue weighted by molar-refractivity contribution is 14.1. The summed E-state index contributed by atoms with van der Waals surface area (Å²) in [5.74, 6) is -0.768. The topological polar surface area (TPSA) is 74.5 Å². The van der Waals surface area contributed by atoms with Crippen molar-refractivity contribution in [1.29, 1.82) is 5.26 Å². The fourth-order valence-corrected chi connectivity index (χ4v) is 3.27. The fraction of sp³-hybridized carbons (Fsp3) is 0.0455. The maximum Gasteiger partial charge on any atom is 0.274 e. The van der Waals surface area contributed by atoms with Crippen LogP contribution >= 0.6 is 34.2 Å². The second-order valence-corrected chi connectivity index (χ2v) is 7.71. The molecule has 0 heterocycles. The summed E-state index contributed by atoms with van der Waals surface area (Å²) >= 11 is 8.03. The molecule has 0 bridgehead atoms. The molecule has 0 aliphatic heterocycles. The lowest BCUT2D eigenvalue weighted by molar-refractivity contribution is 0.0951. The van der Waals surface area contributed by atoms with Gasteiger partial charge in [0.25, 0.3) is 5.91 Å². The molecule has 3 rings (SSSR count). The van der Waals surface area contributed by atoms with Crippen LogP contribution in [-0.4, -0.2) is 12.1 Å². The first-order valence-corrected chi connectivity index (χ1v) is 10.1. The van der Waals surface area contributed by atoms with Gasteiger partial charge >= 0.3 is 0 Å². The molecule has 3 aromatic carbocycles. The Labute approximate surface area is 191 Å². The van der Waals surface area contributed by atoms with E-state index >= 15 is 0 Å². The molecule has 0 unspecified atom stereocenters. The van der Waals surface area contributed by atoms with Gasteiger partial charge < -0.3 is 4.74 Å². The van der Waals surface area contributed by atoms with Crippen LogP contribution in [0.2, 0.25) is 5.02 Å². The van der Waals surface area contributed by atoms with E-state index in [2.05, 4.69) is 33.1 Å². The molecule has 0 saturated carbocycles. The number of amides is 1. The molecule has 150 valence electrons. The molecule has 0 aliphatic carbocycles. The zero-order valence-electron chi connectivity index (χ0n) is 15.4. The highest BCUT2D eigenvalue weighted by Crippen LogP contribution is 2.23. The van der Waals surface area contributed by atoms with Crippen LogP contribution in [0.1, 0.15) is 27.0 Å². The minimum Gasteiger partial charge on any atom is -0.488 e. The van der Waals surface area contributed by atoms with E-state index < -0.39 is 11.7 Å². The third-order valence-electron chi connectivity index (χ3n) is 3.99. The Morgan fingerprint density at radius 3 is 2.63 bits per heavy atom. The number of hydrazone groups is 1. The highest BCUT2D eigenvalue weighted by Gasteiger charge is 2.11. The molecule has 8 heteroatoms. The first kappa shape index (κ1) is 21.7. The number of ether oxygens (including phenoxy) is 1. The molecule has 0 aliphatic rings. The van der Waals surface area contributed by atoms with Crippen LogP contribution in [0.15, 0.2) is 65.8 Å². The van der Waals surface area contributed by atoms with Crippen molar-refractivity contribution in [2.45, 2.75) is 6.61 Å². The number of benzene rings is 3. The lowest BCUT2D eigenvalue weighted by Crippen LogP contribution is -2.19. The average molecular weight is 534 g/mol. The van der Waals surface area contributed by atoms with Gasteiger partial charge in [-0.15, -0.1) is 0 Å². The van der Waals surface area contributed by atoms with E-state index in [1.54, 1.807) is 12.1 Å². The number of carbonyl (C=O) groups is 1. The Balaban J connectivity index is 1.59. The third kappa shape index (κ3) is 5.78. The first-order chi connectivity index (χ1) is 14.5. The summed E-state index contributed by atoms with van der Waals surface area (Å²) in [4.78, 5) is 12.0. The Morgan fingerprint density at radius 2 is 1.97 bits per heavy atom. The molecule has 30 heavy (non-hydrogen) atoms. The van der Waals surface area contributed by atoms with Gasteiger partial charge in [0.1, 0.15) is 18.2 Å². The lowest BCUT2D eigenvalue weighted by Gasteiger charge is -2.09. The summed E-state index contributed by atoms with van der Waals surface area (Å²) in [6.45, 7) is 0.410. The molecule has 0 atom stereocenters. The molecule has 0 radical (unpaired) electrons. The van der Waals surface area contributed by atoms with Crippen LogP contribution in [0.4, 0.5) is 4.39 Å². The second-order valence-electron chi connectivity index (χ2n) is 6.11. The fourth-order valence-electron chi connectivity index (χ4n) is 2.45. The Bertz CT molecular complexity index is 1140. The minimum atomic E-state index is -0.779. The summed E-state index contributed by atoms with van der Waals surface area (Å²) in [6, 6.07) is 18.3. The standard InChI is InChI=1S/C22H14ClFIN3O2/c23-17-5-1-14(2-6-17)13-30-21-8-4-16(10-20(21)25)12-27-28-22(29)18-7-3-15(11-26)9-19(18)24/h1-10,12H,13H2,(H,28,29)/b27-12-. The largest absolute Gasteiger partial charge is 0.488 e. The zero-order chi connectivity index (χ0) is 21.5. The van der Waals surface area contributed by atoms with Crippen molar-refractivity contribution < 1.29 is 13.9 Å². The molecular formula is C22H14ClFIN3O2. The highest BCUT2D eigenvalue weighted by atomic mass is 127. The van der Waals surface area contributed by atoms with Crippen LogP contribution in [-0.2, 0) is 6.61 Å². The minimum absolute atomic E-state index is 0.139. The van der Waals surface area contributed by atoms with E-state index in [-0.39, 0.29) is 11.1 Å². The molecular weight excluding hydrogens is 520 g/mol. The smallest absolute Gasteiger partial charge is 0.274 e. The maximum absolute atomic E-state index is 13.9. The molecule has 1 amide bonds. The number of carbonyl (C=O) groups excluding carboxylic acids is 1. The molecule has 3 aromatic rings. The predicted octanol–water partition coefficient (Wildman–Crippen LogP) is 5.30. The van der Waals surface area contributed by atoms with Gasteiger partial charge in [-0.05, 0) is 82.2 Å². The average Bonchev–Trinajstić information content (AvgIpc) is 2.74. The van der Waals surface area contributed by atoms with E-state index in [0.717, 1.165) is 20.8 Å². The molecule has 5 nitrogen and oxygen atoms in total. The van der Waals surface area contributed by atoms with Crippen LogP contribution < -0.4 is 10.2 Å². The van der Waals surface area contributed by atoms with Gasteiger partial charge in [-0.3, -0.25) is 4.79 Å². The molecule has 1 N–H and O–H groups in total. The molecule has 0 saturated heterocycles. The number of rotatable bonds is 6. The van der Waals surface area contributed by atoms with Gasteiger partial charge in [-0.25, -0.2) is 9.82 Å². The van der Waals surface area contributed by atoms with E-state index in [4.69, 9.17) is 21.6 Å². The van der Waals surface area contributed by atoms with Crippen LogP contribution in [0.5, 0.6) is 5.75 Å². The SMILES string of the molecule is N#Cc1ccc(C(=O)N/N=C\c2ccc(OCc3ccc(Cl)cc3)c(I)c2)c(F)c1. The van der Waals surface area contributed by atoms with Crippen molar-refractivity contribution >= 4 is 46.3 Å². The van der Waals surface area contributed by atoms with Crippen molar-refractivity contribution in [3.63, 3.8) is 0 Å². The zero-order valence-corrected chi connectivity index (χ0v) is 18.3. The summed E-state index contributed by atoms with van der Waals surface area (Å²) in [5, 5.41) is 13.3. The summed E-state index contributed by atoms with van der Waals surface area (Å²) < 4.78 is 20.6. The first-order valence-electron chi connectivity index (χ1n) is 8.66. The van der Waals surface area contributed by atoms with Crippen LogP contribution in [0.3, 0.4) is 0 Å². The molecule has 0 spiro atoms. The van der Waals surface area contributed by atoms with Crippen molar-refractivity contribution in [3.05, 3.63) is 97.3 Å². The van der Waals surface area contributed by atoms with Crippen LogP contribution in [0.25, 0.3) is 0 Å².